The lowest BCUT2D eigenvalue weighted by molar-refractivity contribution is 0.441. The van der Waals surface area contributed by atoms with Gasteiger partial charge < -0.3 is 25.0 Å². The van der Waals surface area contributed by atoms with Crippen LogP contribution in [0.1, 0.15) is 11.1 Å². The minimum atomic E-state index is 0.0239. The quantitative estimate of drug-likeness (QED) is 0.377. The van der Waals surface area contributed by atoms with Gasteiger partial charge in [0.15, 0.2) is 0 Å². The monoisotopic (exact) mass is 442 g/mol. The third-order valence-corrected chi connectivity index (χ3v) is 5.99. The number of hydrogen-bond acceptors (Lipinski definition) is 5. The summed E-state index contributed by atoms with van der Waals surface area (Å²) in [4.78, 5) is 12.5. The van der Waals surface area contributed by atoms with E-state index in [2.05, 4.69) is 63.3 Å². The number of phenolic OH excluding ortho intramolecular Hbond substituents is 2. The standard InChI is InChI=1S/C27H30N4O2/c1-16-15-22(26(33)17(2)25(16)32)27-28-23(18-7-11-20(12-8-18)30(3)4)24(29-27)19-9-13-21(14-10-19)31(5)6/h7-15,32-33H,1-6H3,(H,28,29). The smallest absolute Gasteiger partial charge is 0.142 e. The molecule has 6 heteroatoms. The molecule has 0 aliphatic carbocycles. The number of anilines is 2. The lowest BCUT2D eigenvalue weighted by Gasteiger charge is -2.13. The molecule has 0 radical (unpaired) electrons. The van der Waals surface area contributed by atoms with Crippen LogP contribution in [0, 0.1) is 13.8 Å². The Kier molecular flexibility index (Phi) is 5.77. The predicted molar refractivity (Wildman–Crippen MR) is 136 cm³/mol. The third kappa shape index (κ3) is 4.12. The summed E-state index contributed by atoms with van der Waals surface area (Å²) in [6.45, 7) is 3.52. The van der Waals surface area contributed by atoms with E-state index < -0.39 is 0 Å². The summed E-state index contributed by atoms with van der Waals surface area (Å²) in [7, 11) is 8.05. The van der Waals surface area contributed by atoms with Crippen molar-refractivity contribution in [2.45, 2.75) is 13.8 Å². The van der Waals surface area contributed by atoms with Gasteiger partial charge in [-0.05, 0) is 49.7 Å². The number of H-pyrrole nitrogens is 1. The van der Waals surface area contributed by atoms with E-state index in [1.807, 2.05) is 35.1 Å². The Labute approximate surface area is 194 Å². The molecule has 0 spiro atoms. The zero-order chi connectivity index (χ0) is 23.9. The zero-order valence-corrected chi connectivity index (χ0v) is 19.9. The first kappa shape index (κ1) is 22.3. The predicted octanol–water partition coefficient (Wildman–Crippen LogP) is 5.57. The fourth-order valence-corrected chi connectivity index (χ4v) is 3.91. The molecule has 0 aliphatic rings. The van der Waals surface area contributed by atoms with Crippen LogP contribution in [-0.2, 0) is 0 Å². The number of hydrogen-bond donors (Lipinski definition) is 3. The lowest BCUT2D eigenvalue weighted by atomic mass is 10.0. The van der Waals surface area contributed by atoms with Gasteiger partial charge in [0.1, 0.15) is 17.3 Å². The molecule has 4 aromatic rings. The zero-order valence-electron chi connectivity index (χ0n) is 19.9. The Morgan fingerprint density at radius 3 is 1.76 bits per heavy atom. The van der Waals surface area contributed by atoms with Gasteiger partial charge in [-0.3, -0.25) is 0 Å². The van der Waals surface area contributed by atoms with Crippen LogP contribution < -0.4 is 9.80 Å². The summed E-state index contributed by atoms with van der Waals surface area (Å²) < 4.78 is 0. The molecule has 1 aromatic heterocycles. The Balaban J connectivity index is 1.90. The molecule has 33 heavy (non-hydrogen) atoms. The first-order chi connectivity index (χ1) is 15.7. The van der Waals surface area contributed by atoms with E-state index in [1.54, 1.807) is 13.0 Å². The topological polar surface area (TPSA) is 75.6 Å². The van der Waals surface area contributed by atoms with Gasteiger partial charge in [-0.1, -0.05) is 24.3 Å². The highest BCUT2D eigenvalue weighted by Gasteiger charge is 2.20. The van der Waals surface area contributed by atoms with Crippen molar-refractivity contribution in [3.63, 3.8) is 0 Å². The molecule has 0 saturated carbocycles. The number of aromatic hydroxyl groups is 2. The lowest BCUT2D eigenvalue weighted by Crippen LogP contribution is -2.08. The summed E-state index contributed by atoms with van der Waals surface area (Å²) in [5.41, 5.74) is 7.54. The van der Waals surface area contributed by atoms with Crippen molar-refractivity contribution in [1.29, 1.82) is 0 Å². The average molecular weight is 443 g/mol. The van der Waals surface area contributed by atoms with Gasteiger partial charge in [-0.15, -0.1) is 0 Å². The Bertz CT molecular complexity index is 1220. The fourth-order valence-electron chi connectivity index (χ4n) is 3.91. The Morgan fingerprint density at radius 1 is 0.727 bits per heavy atom. The highest BCUT2D eigenvalue weighted by Crippen LogP contribution is 2.41. The minimum Gasteiger partial charge on any atom is -0.507 e. The second kappa shape index (κ2) is 8.54. The normalized spacial score (nSPS) is 11.0. The number of imidazole rings is 1. The second-order valence-corrected chi connectivity index (χ2v) is 8.75. The molecule has 3 N–H and O–H groups in total. The first-order valence-corrected chi connectivity index (χ1v) is 10.9. The van der Waals surface area contributed by atoms with Crippen LogP contribution in [0.25, 0.3) is 33.9 Å². The van der Waals surface area contributed by atoms with Gasteiger partial charge in [0.05, 0.1) is 17.0 Å². The first-order valence-electron chi connectivity index (χ1n) is 10.9. The molecule has 1 heterocycles. The van der Waals surface area contributed by atoms with E-state index in [9.17, 15) is 10.2 Å². The third-order valence-electron chi connectivity index (χ3n) is 5.99. The van der Waals surface area contributed by atoms with Gasteiger partial charge in [0.25, 0.3) is 0 Å². The molecule has 0 unspecified atom stereocenters. The van der Waals surface area contributed by atoms with Crippen LogP contribution in [0.3, 0.4) is 0 Å². The molecule has 0 atom stereocenters. The van der Waals surface area contributed by atoms with Crippen LogP contribution in [0.2, 0.25) is 0 Å². The summed E-state index contributed by atoms with van der Waals surface area (Å²) in [6, 6.07) is 18.3. The number of benzene rings is 3. The Morgan fingerprint density at radius 2 is 1.24 bits per heavy atom. The minimum absolute atomic E-state index is 0.0239. The SMILES string of the molecule is Cc1cc(-c2nc(-c3ccc(N(C)C)cc3)c(-c3ccc(N(C)C)cc3)[nH]2)c(O)c(C)c1O. The fraction of sp³-hybridized carbons (Fsp3) is 0.222. The number of nitrogens with one attached hydrogen (secondary N) is 1. The van der Waals surface area contributed by atoms with Crippen molar-refractivity contribution < 1.29 is 10.2 Å². The van der Waals surface area contributed by atoms with E-state index in [1.165, 1.54) is 0 Å². The van der Waals surface area contributed by atoms with Crippen LogP contribution in [-0.4, -0.2) is 48.4 Å². The molecule has 170 valence electrons. The van der Waals surface area contributed by atoms with Gasteiger partial charge in [0.2, 0.25) is 0 Å². The van der Waals surface area contributed by atoms with Crippen molar-refractivity contribution in [1.82, 2.24) is 9.97 Å². The van der Waals surface area contributed by atoms with E-state index in [0.29, 0.717) is 22.5 Å². The van der Waals surface area contributed by atoms with Crippen LogP contribution in [0.4, 0.5) is 11.4 Å². The second-order valence-electron chi connectivity index (χ2n) is 8.75. The molecular formula is C27H30N4O2. The van der Waals surface area contributed by atoms with E-state index >= 15 is 0 Å². The van der Waals surface area contributed by atoms with Crippen molar-refractivity contribution in [2.24, 2.45) is 0 Å². The summed E-state index contributed by atoms with van der Waals surface area (Å²) in [5.74, 6) is 0.676. The molecule has 4 rings (SSSR count). The van der Waals surface area contributed by atoms with Gasteiger partial charge in [0, 0.05) is 56.3 Å². The van der Waals surface area contributed by atoms with Crippen molar-refractivity contribution in [2.75, 3.05) is 38.0 Å². The van der Waals surface area contributed by atoms with Gasteiger partial charge in [-0.2, -0.15) is 0 Å². The largest absolute Gasteiger partial charge is 0.507 e. The molecular weight excluding hydrogens is 412 g/mol. The maximum absolute atomic E-state index is 10.8. The van der Waals surface area contributed by atoms with Crippen LogP contribution in [0.5, 0.6) is 11.5 Å². The van der Waals surface area contributed by atoms with Gasteiger partial charge >= 0.3 is 0 Å². The van der Waals surface area contributed by atoms with Crippen molar-refractivity contribution >= 4 is 11.4 Å². The number of aryl methyl sites for hydroxylation is 1. The van der Waals surface area contributed by atoms with E-state index in [0.717, 1.165) is 33.9 Å². The number of aromatic amines is 1. The highest BCUT2D eigenvalue weighted by molar-refractivity contribution is 5.83. The van der Waals surface area contributed by atoms with Crippen molar-refractivity contribution in [3.8, 4) is 45.4 Å². The molecule has 0 amide bonds. The van der Waals surface area contributed by atoms with E-state index in [-0.39, 0.29) is 11.5 Å². The van der Waals surface area contributed by atoms with Crippen LogP contribution in [0.15, 0.2) is 54.6 Å². The highest BCUT2D eigenvalue weighted by atomic mass is 16.3. The van der Waals surface area contributed by atoms with Gasteiger partial charge in [-0.25, -0.2) is 4.98 Å². The molecule has 0 fully saturated rings. The Hall–Kier alpha value is -3.93. The summed E-state index contributed by atoms with van der Waals surface area (Å²) in [5, 5.41) is 21.0. The maximum atomic E-state index is 10.8. The molecule has 0 bridgehead atoms. The van der Waals surface area contributed by atoms with Crippen molar-refractivity contribution in [3.05, 3.63) is 65.7 Å². The van der Waals surface area contributed by atoms with E-state index in [4.69, 9.17) is 4.98 Å². The van der Waals surface area contributed by atoms with Crippen LogP contribution >= 0.6 is 0 Å². The molecule has 0 aliphatic heterocycles. The summed E-state index contributed by atoms with van der Waals surface area (Å²) >= 11 is 0. The summed E-state index contributed by atoms with van der Waals surface area (Å²) in [6.07, 6.45) is 0. The molecule has 0 saturated heterocycles. The maximum Gasteiger partial charge on any atom is 0.142 e. The number of nitrogens with zero attached hydrogens (tertiary/aromatic N) is 3. The average Bonchev–Trinajstić information content (AvgIpc) is 3.25. The molecule has 6 nitrogen and oxygen atoms in total. The molecule has 3 aromatic carbocycles. The number of rotatable bonds is 5. The number of phenols is 2. The number of aromatic nitrogens is 2.